The summed E-state index contributed by atoms with van der Waals surface area (Å²) in [5.41, 5.74) is 1.04. The van der Waals surface area contributed by atoms with Crippen LogP contribution in [0.2, 0.25) is 0 Å². The van der Waals surface area contributed by atoms with E-state index in [9.17, 15) is 10.1 Å². The van der Waals surface area contributed by atoms with Crippen LogP contribution < -0.4 is 10.6 Å². The van der Waals surface area contributed by atoms with E-state index < -0.39 is 4.92 Å². The van der Waals surface area contributed by atoms with Crippen LogP contribution in [-0.2, 0) is 11.3 Å². The van der Waals surface area contributed by atoms with Crippen molar-refractivity contribution in [2.24, 2.45) is 16.8 Å². The van der Waals surface area contributed by atoms with Crippen LogP contribution >= 0.6 is 0 Å². The van der Waals surface area contributed by atoms with Gasteiger partial charge in [0.15, 0.2) is 5.96 Å². The number of benzene rings is 1. The van der Waals surface area contributed by atoms with Gasteiger partial charge in [0.2, 0.25) is 0 Å². The van der Waals surface area contributed by atoms with E-state index in [0.29, 0.717) is 18.4 Å². The monoisotopic (exact) mass is 334 g/mol. The van der Waals surface area contributed by atoms with E-state index in [4.69, 9.17) is 4.74 Å². The molecule has 1 fully saturated rings. The predicted molar refractivity (Wildman–Crippen MR) is 94.0 cm³/mol. The maximum atomic E-state index is 10.7. The third-order valence-electron chi connectivity index (χ3n) is 3.83. The number of nitro benzene ring substituents is 1. The Morgan fingerprint density at radius 2 is 2.12 bits per heavy atom. The summed E-state index contributed by atoms with van der Waals surface area (Å²) in [6.07, 6.45) is 1.08. The van der Waals surface area contributed by atoms with E-state index in [1.54, 1.807) is 12.1 Å². The Morgan fingerprint density at radius 1 is 1.38 bits per heavy atom. The van der Waals surface area contributed by atoms with Gasteiger partial charge in [-0.05, 0) is 17.9 Å². The van der Waals surface area contributed by atoms with E-state index in [1.807, 2.05) is 0 Å². The molecule has 1 aromatic rings. The quantitative estimate of drug-likeness (QED) is 0.346. The van der Waals surface area contributed by atoms with E-state index in [0.717, 1.165) is 44.2 Å². The normalized spacial score (nSPS) is 18.0. The summed E-state index contributed by atoms with van der Waals surface area (Å²) in [6, 6.07) is 6.50. The lowest BCUT2D eigenvalue weighted by molar-refractivity contribution is -0.384. The number of non-ortho nitro benzene ring substituents is 1. The van der Waals surface area contributed by atoms with Crippen LogP contribution in [0.4, 0.5) is 5.69 Å². The predicted octanol–water partition coefficient (Wildman–Crippen LogP) is 2.32. The van der Waals surface area contributed by atoms with Crippen molar-refractivity contribution in [1.29, 1.82) is 0 Å². The minimum atomic E-state index is -0.395. The molecule has 1 saturated heterocycles. The molecule has 1 atom stereocenters. The molecule has 2 N–H and O–H groups in total. The van der Waals surface area contributed by atoms with Gasteiger partial charge in [-0.3, -0.25) is 10.1 Å². The second-order valence-corrected chi connectivity index (χ2v) is 6.47. The molecule has 0 aliphatic carbocycles. The molecule has 7 heteroatoms. The van der Waals surface area contributed by atoms with Crippen molar-refractivity contribution in [3.05, 3.63) is 39.9 Å². The fourth-order valence-corrected chi connectivity index (χ4v) is 2.35. The van der Waals surface area contributed by atoms with E-state index in [1.165, 1.54) is 12.1 Å². The fraction of sp³-hybridized carbons (Fsp3) is 0.588. The minimum Gasteiger partial charge on any atom is -0.381 e. The first kappa shape index (κ1) is 18.2. The zero-order valence-corrected chi connectivity index (χ0v) is 14.3. The second kappa shape index (κ2) is 9.22. The zero-order valence-electron chi connectivity index (χ0n) is 14.3. The molecule has 0 radical (unpaired) electrons. The number of nitrogens with zero attached hydrogens (tertiary/aromatic N) is 2. The summed E-state index contributed by atoms with van der Waals surface area (Å²) in [7, 11) is 0. The second-order valence-electron chi connectivity index (χ2n) is 6.47. The minimum absolute atomic E-state index is 0.0974. The summed E-state index contributed by atoms with van der Waals surface area (Å²) in [4.78, 5) is 14.9. The first-order chi connectivity index (χ1) is 11.5. The summed E-state index contributed by atoms with van der Waals surface area (Å²) >= 11 is 0. The maximum absolute atomic E-state index is 10.7. The van der Waals surface area contributed by atoms with Crippen molar-refractivity contribution in [2.75, 3.05) is 26.3 Å². The van der Waals surface area contributed by atoms with Crippen LogP contribution in [0.5, 0.6) is 0 Å². The van der Waals surface area contributed by atoms with Gasteiger partial charge in [-0.25, -0.2) is 4.99 Å². The van der Waals surface area contributed by atoms with Crippen molar-refractivity contribution in [1.82, 2.24) is 10.6 Å². The SMILES string of the molecule is CC(C)CNC(=NCc1ccc([N+](=O)[O-])cc1)NCC1CCOC1. The summed E-state index contributed by atoms with van der Waals surface area (Å²) < 4.78 is 5.39. The first-order valence-electron chi connectivity index (χ1n) is 8.38. The third kappa shape index (κ3) is 6.16. The Morgan fingerprint density at radius 3 is 2.71 bits per heavy atom. The van der Waals surface area contributed by atoms with E-state index in [-0.39, 0.29) is 5.69 Å². The lowest BCUT2D eigenvalue weighted by Crippen LogP contribution is -2.41. The van der Waals surface area contributed by atoms with Crippen LogP contribution in [0, 0.1) is 22.0 Å². The molecule has 0 aromatic heterocycles. The van der Waals surface area contributed by atoms with Gasteiger partial charge in [0.25, 0.3) is 5.69 Å². The first-order valence-corrected chi connectivity index (χ1v) is 8.38. The van der Waals surface area contributed by atoms with Crippen LogP contribution in [0.3, 0.4) is 0 Å². The number of aliphatic imine (C=N–C) groups is 1. The van der Waals surface area contributed by atoms with Gasteiger partial charge in [0.1, 0.15) is 0 Å². The molecular weight excluding hydrogens is 308 g/mol. The molecule has 0 amide bonds. The Hall–Kier alpha value is -2.15. The number of ether oxygens (including phenoxy) is 1. The summed E-state index contributed by atoms with van der Waals surface area (Å²) in [5.74, 6) is 1.82. The molecule has 132 valence electrons. The zero-order chi connectivity index (χ0) is 17.4. The molecule has 1 unspecified atom stereocenters. The van der Waals surface area contributed by atoms with Crippen molar-refractivity contribution in [3.63, 3.8) is 0 Å². The fourth-order valence-electron chi connectivity index (χ4n) is 2.35. The Balaban J connectivity index is 1.92. The Kier molecular flexibility index (Phi) is 6.99. The highest BCUT2D eigenvalue weighted by Crippen LogP contribution is 2.13. The highest BCUT2D eigenvalue weighted by atomic mass is 16.6. The molecule has 0 bridgehead atoms. The molecular formula is C17H26N4O3. The van der Waals surface area contributed by atoms with Gasteiger partial charge < -0.3 is 15.4 Å². The molecule has 0 spiro atoms. The average molecular weight is 334 g/mol. The molecule has 1 aromatic carbocycles. The Bertz CT molecular complexity index is 551. The largest absolute Gasteiger partial charge is 0.381 e. The molecule has 24 heavy (non-hydrogen) atoms. The molecule has 2 rings (SSSR count). The lowest BCUT2D eigenvalue weighted by Gasteiger charge is -2.16. The smallest absolute Gasteiger partial charge is 0.269 e. The van der Waals surface area contributed by atoms with Crippen molar-refractivity contribution < 1.29 is 9.66 Å². The van der Waals surface area contributed by atoms with Crippen LogP contribution in [0.25, 0.3) is 0 Å². The molecule has 7 nitrogen and oxygen atoms in total. The number of nitro groups is 1. The molecule has 1 heterocycles. The Labute approximate surface area is 142 Å². The topological polar surface area (TPSA) is 88.8 Å². The highest BCUT2D eigenvalue weighted by Gasteiger charge is 2.15. The molecule has 1 aliphatic heterocycles. The third-order valence-corrected chi connectivity index (χ3v) is 3.83. The van der Waals surface area contributed by atoms with Gasteiger partial charge in [-0.15, -0.1) is 0 Å². The van der Waals surface area contributed by atoms with Gasteiger partial charge in [-0.2, -0.15) is 0 Å². The van der Waals surface area contributed by atoms with Crippen molar-refractivity contribution in [2.45, 2.75) is 26.8 Å². The van der Waals surface area contributed by atoms with Crippen LogP contribution in [0.1, 0.15) is 25.8 Å². The molecule has 1 aliphatic rings. The van der Waals surface area contributed by atoms with E-state index in [2.05, 4.69) is 29.5 Å². The molecule has 0 saturated carbocycles. The number of nitrogens with one attached hydrogen (secondary N) is 2. The van der Waals surface area contributed by atoms with Crippen LogP contribution in [-0.4, -0.2) is 37.2 Å². The lowest BCUT2D eigenvalue weighted by atomic mass is 10.1. The summed E-state index contributed by atoms with van der Waals surface area (Å²) in [6.45, 7) is 8.08. The van der Waals surface area contributed by atoms with Crippen LogP contribution in [0.15, 0.2) is 29.3 Å². The highest BCUT2D eigenvalue weighted by molar-refractivity contribution is 5.79. The number of hydrogen-bond acceptors (Lipinski definition) is 4. The number of hydrogen-bond donors (Lipinski definition) is 2. The van der Waals surface area contributed by atoms with Crippen molar-refractivity contribution in [3.8, 4) is 0 Å². The van der Waals surface area contributed by atoms with Gasteiger partial charge >= 0.3 is 0 Å². The summed E-state index contributed by atoms with van der Waals surface area (Å²) in [5, 5.41) is 17.4. The van der Waals surface area contributed by atoms with Gasteiger partial charge in [0.05, 0.1) is 18.1 Å². The van der Waals surface area contributed by atoms with E-state index >= 15 is 0 Å². The number of guanidine groups is 1. The average Bonchev–Trinajstić information content (AvgIpc) is 3.07. The number of rotatable bonds is 7. The van der Waals surface area contributed by atoms with Crippen molar-refractivity contribution >= 4 is 11.6 Å². The standard InChI is InChI=1S/C17H26N4O3/c1-13(2)9-18-17(20-11-15-7-8-24-12-15)19-10-14-3-5-16(6-4-14)21(22)23/h3-6,13,15H,7-12H2,1-2H3,(H2,18,19,20). The van der Waals surface area contributed by atoms with Gasteiger partial charge in [0, 0.05) is 37.7 Å². The van der Waals surface area contributed by atoms with Gasteiger partial charge in [-0.1, -0.05) is 26.0 Å². The maximum Gasteiger partial charge on any atom is 0.269 e.